The molecule has 6 nitrogen and oxygen atoms in total. The average molecular weight is 355 g/mol. The number of nitrogens with two attached hydrogens (primary N) is 1. The van der Waals surface area contributed by atoms with Gasteiger partial charge in [-0.3, -0.25) is 4.79 Å². The number of hydrogen-bond donors (Lipinski definition) is 2. The van der Waals surface area contributed by atoms with Crippen molar-refractivity contribution in [2.24, 2.45) is 5.73 Å². The summed E-state index contributed by atoms with van der Waals surface area (Å²) < 4.78 is 39.5. The van der Waals surface area contributed by atoms with E-state index in [-0.39, 0.29) is 17.9 Å². The Morgan fingerprint density at radius 3 is 2.52 bits per heavy atom. The van der Waals surface area contributed by atoms with Crippen LogP contribution in [-0.2, 0) is 6.18 Å². The monoisotopic (exact) mass is 355 g/mol. The number of nitrogens with zero attached hydrogens (tertiary/aromatic N) is 3. The van der Waals surface area contributed by atoms with E-state index in [9.17, 15) is 18.0 Å². The summed E-state index contributed by atoms with van der Waals surface area (Å²) in [7, 11) is 0. The van der Waals surface area contributed by atoms with Crippen molar-refractivity contribution in [2.75, 3.05) is 6.54 Å². The predicted octanol–water partition coefficient (Wildman–Crippen LogP) is 2.53. The number of nitrogens with one attached hydrogen (secondary N) is 1. The van der Waals surface area contributed by atoms with Crippen LogP contribution in [0.2, 0.25) is 0 Å². The van der Waals surface area contributed by atoms with Crippen molar-refractivity contribution in [3.8, 4) is 5.69 Å². The van der Waals surface area contributed by atoms with E-state index >= 15 is 0 Å². The smallest absolute Gasteiger partial charge is 0.344 e. The number of alkyl halides is 3. The maximum absolute atomic E-state index is 12.8. The molecule has 0 saturated heterocycles. The van der Waals surface area contributed by atoms with Crippen LogP contribution in [0.4, 0.5) is 13.2 Å². The highest BCUT2D eigenvalue weighted by molar-refractivity contribution is 5.92. The lowest BCUT2D eigenvalue weighted by Gasteiger charge is -2.30. The molecule has 3 N–H and O–H groups in total. The first-order valence-corrected chi connectivity index (χ1v) is 7.87. The lowest BCUT2D eigenvalue weighted by molar-refractivity contribution is -0.137. The molecule has 1 aromatic heterocycles. The molecule has 2 rings (SSSR count). The first-order valence-electron chi connectivity index (χ1n) is 7.87. The Balaban J connectivity index is 2.24. The second kappa shape index (κ2) is 7.22. The molecule has 0 aliphatic carbocycles. The van der Waals surface area contributed by atoms with Crippen molar-refractivity contribution in [1.29, 1.82) is 0 Å². The Bertz CT molecular complexity index is 729. The minimum absolute atomic E-state index is 0.0112. The van der Waals surface area contributed by atoms with E-state index in [4.69, 9.17) is 5.73 Å². The van der Waals surface area contributed by atoms with E-state index in [1.165, 1.54) is 18.3 Å². The minimum atomic E-state index is -4.46. The summed E-state index contributed by atoms with van der Waals surface area (Å²) in [4.78, 5) is 12.3. The number of rotatable bonds is 6. The summed E-state index contributed by atoms with van der Waals surface area (Å²) in [5.74, 6) is -0.465. The highest BCUT2D eigenvalue weighted by Gasteiger charge is 2.31. The van der Waals surface area contributed by atoms with E-state index in [0.717, 1.165) is 16.8 Å². The van der Waals surface area contributed by atoms with Gasteiger partial charge < -0.3 is 11.1 Å². The Kier molecular flexibility index (Phi) is 5.46. The van der Waals surface area contributed by atoms with Gasteiger partial charge in [-0.15, -0.1) is 5.10 Å². The van der Waals surface area contributed by atoms with Crippen LogP contribution in [0.25, 0.3) is 5.69 Å². The van der Waals surface area contributed by atoms with Gasteiger partial charge in [-0.25, -0.2) is 4.68 Å². The van der Waals surface area contributed by atoms with E-state index in [1.54, 1.807) is 0 Å². The fourth-order valence-corrected chi connectivity index (χ4v) is 2.39. The molecule has 0 unspecified atom stereocenters. The number of amides is 1. The lowest BCUT2D eigenvalue weighted by atomic mass is 9.93. The topological polar surface area (TPSA) is 85.8 Å². The number of halogens is 3. The average Bonchev–Trinajstić information content (AvgIpc) is 3.09. The second-order valence-corrected chi connectivity index (χ2v) is 5.74. The fraction of sp³-hybridized carbons (Fsp3) is 0.438. The van der Waals surface area contributed by atoms with Gasteiger partial charge in [0.25, 0.3) is 5.91 Å². The molecule has 0 atom stereocenters. The first kappa shape index (κ1) is 18.9. The van der Waals surface area contributed by atoms with Gasteiger partial charge >= 0.3 is 6.18 Å². The largest absolute Gasteiger partial charge is 0.416 e. The number of aromatic nitrogens is 3. The van der Waals surface area contributed by atoms with Crippen molar-refractivity contribution in [1.82, 2.24) is 20.3 Å². The van der Waals surface area contributed by atoms with Gasteiger partial charge in [0.15, 0.2) is 5.69 Å². The van der Waals surface area contributed by atoms with Crippen LogP contribution in [0.15, 0.2) is 30.5 Å². The third kappa shape index (κ3) is 4.16. The highest BCUT2D eigenvalue weighted by Crippen LogP contribution is 2.30. The lowest BCUT2D eigenvalue weighted by Crippen LogP contribution is -2.53. The van der Waals surface area contributed by atoms with E-state index in [1.807, 2.05) is 13.8 Å². The molecule has 0 aliphatic heterocycles. The molecule has 1 aromatic carbocycles. The van der Waals surface area contributed by atoms with Gasteiger partial charge in [0.2, 0.25) is 0 Å². The van der Waals surface area contributed by atoms with E-state index in [0.29, 0.717) is 12.8 Å². The van der Waals surface area contributed by atoms with Crippen LogP contribution in [-0.4, -0.2) is 33.0 Å². The van der Waals surface area contributed by atoms with Gasteiger partial charge in [-0.1, -0.05) is 25.1 Å². The van der Waals surface area contributed by atoms with E-state index < -0.39 is 23.2 Å². The van der Waals surface area contributed by atoms with Crippen LogP contribution in [0.3, 0.4) is 0 Å². The molecular weight excluding hydrogens is 335 g/mol. The van der Waals surface area contributed by atoms with Gasteiger partial charge in [0.05, 0.1) is 23.0 Å². The van der Waals surface area contributed by atoms with Crippen LogP contribution in [0.1, 0.15) is 42.7 Å². The number of carbonyl (C=O) groups is 1. The fourth-order valence-electron chi connectivity index (χ4n) is 2.39. The number of carbonyl (C=O) groups excluding carboxylic acids is 1. The highest BCUT2D eigenvalue weighted by atomic mass is 19.4. The van der Waals surface area contributed by atoms with Gasteiger partial charge in [-0.05, 0) is 31.0 Å². The Morgan fingerprint density at radius 2 is 1.96 bits per heavy atom. The summed E-state index contributed by atoms with van der Waals surface area (Å²) in [6.07, 6.45) is -1.88. The molecule has 0 aliphatic rings. The zero-order chi connectivity index (χ0) is 18.7. The quantitative estimate of drug-likeness (QED) is 0.834. The molecule has 0 bridgehead atoms. The van der Waals surface area contributed by atoms with Gasteiger partial charge in [0.1, 0.15) is 0 Å². The zero-order valence-electron chi connectivity index (χ0n) is 14.0. The Hall–Kier alpha value is -2.42. The minimum Gasteiger partial charge on any atom is -0.344 e. The van der Waals surface area contributed by atoms with E-state index in [2.05, 4.69) is 15.6 Å². The summed E-state index contributed by atoms with van der Waals surface area (Å²) >= 11 is 0. The number of hydrogen-bond acceptors (Lipinski definition) is 4. The van der Waals surface area contributed by atoms with Crippen molar-refractivity contribution in [3.63, 3.8) is 0 Å². The standard InChI is InChI=1S/C16H20F3N5O/c1-3-15(4-2,10-20)21-14(25)13-9-24(23-22-13)12-7-5-6-11(8-12)16(17,18)19/h5-9H,3-4,10,20H2,1-2H3,(H,21,25). The van der Waals surface area contributed by atoms with Gasteiger partial charge in [0, 0.05) is 6.54 Å². The SMILES string of the molecule is CCC(CC)(CN)NC(=O)c1cn(-c2cccc(C(F)(F)F)c2)nn1. The molecule has 0 radical (unpaired) electrons. The van der Waals surface area contributed by atoms with Crippen LogP contribution in [0, 0.1) is 0 Å². The third-order valence-corrected chi connectivity index (χ3v) is 4.29. The van der Waals surface area contributed by atoms with Crippen LogP contribution < -0.4 is 11.1 Å². The molecule has 0 spiro atoms. The summed E-state index contributed by atoms with van der Waals surface area (Å²) in [6.45, 7) is 4.10. The maximum atomic E-state index is 12.8. The van der Waals surface area contributed by atoms with Crippen molar-refractivity contribution < 1.29 is 18.0 Å². The van der Waals surface area contributed by atoms with Crippen LogP contribution >= 0.6 is 0 Å². The third-order valence-electron chi connectivity index (χ3n) is 4.29. The molecule has 136 valence electrons. The molecule has 25 heavy (non-hydrogen) atoms. The zero-order valence-corrected chi connectivity index (χ0v) is 14.0. The molecule has 0 fully saturated rings. The molecule has 1 amide bonds. The molecular formula is C16H20F3N5O. The summed E-state index contributed by atoms with van der Waals surface area (Å²) in [5, 5.41) is 10.3. The Labute approximate surface area is 143 Å². The van der Waals surface area contributed by atoms with Crippen LogP contribution in [0.5, 0.6) is 0 Å². The van der Waals surface area contributed by atoms with Crippen molar-refractivity contribution >= 4 is 5.91 Å². The normalized spacial score (nSPS) is 12.2. The molecule has 9 heteroatoms. The van der Waals surface area contributed by atoms with Crippen molar-refractivity contribution in [2.45, 2.75) is 38.4 Å². The summed E-state index contributed by atoms with van der Waals surface area (Å²) in [6, 6.07) is 4.63. The van der Waals surface area contributed by atoms with Crippen molar-refractivity contribution in [3.05, 3.63) is 41.7 Å². The second-order valence-electron chi connectivity index (χ2n) is 5.74. The Morgan fingerprint density at radius 1 is 1.28 bits per heavy atom. The first-order chi connectivity index (χ1) is 11.7. The predicted molar refractivity (Wildman–Crippen MR) is 86.2 cm³/mol. The molecule has 0 saturated carbocycles. The maximum Gasteiger partial charge on any atom is 0.416 e. The molecule has 1 heterocycles. The van der Waals surface area contributed by atoms with Gasteiger partial charge in [-0.2, -0.15) is 13.2 Å². The molecule has 2 aromatic rings. The summed E-state index contributed by atoms with van der Waals surface area (Å²) in [5.41, 5.74) is 4.58. The number of benzene rings is 1.